The fourth-order valence-electron chi connectivity index (χ4n) is 2.18. The Bertz CT molecular complexity index is 795. The average Bonchev–Trinajstić information content (AvgIpc) is 2.48. The number of hydrogen-bond donors (Lipinski definition) is 1. The van der Waals surface area contributed by atoms with Gasteiger partial charge in [0.2, 0.25) is 10.0 Å². The lowest BCUT2D eigenvalue weighted by atomic mass is 10.1. The van der Waals surface area contributed by atoms with Gasteiger partial charge in [-0.05, 0) is 0 Å². The van der Waals surface area contributed by atoms with Crippen molar-refractivity contribution in [2.75, 3.05) is 13.1 Å². The van der Waals surface area contributed by atoms with Crippen LogP contribution in [0, 0.1) is 0 Å². The molecule has 0 unspecified atom stereocenters. The van der Waals surface area contributed by atoms with Gasteiger partial charge in [-0.3, -0.25) is 9.36 Å². The van der Waals surface area contributed by atoms with Gasteiger partial charge in [0.05, 0.1) is 5.71 Å². The second-order valence-corrected chi connectivity index (χ2v) is 6.73. The third-order valence-electron chi connectivity index (χ3n) is 3.47. The molecular weight excluding hydrogens is 300 g/mol. The van der Waals surface area contributed by atoms with Crippen molar-refractivity contribution >= 4 is 15.7 Å². The zero-order chi connectivity index (χ0) is 15.8. The van der Waals surface area contributed by atoms with Crippen molar-refractivity contribution in [1.82, 2.24) is 13.4 Å². The molecule has 9 nitrogen and oxygen atoms in total. The van der Waals surface area contributed by atoms with E-state index in [1.54, 1.807) is 0 Å². The third-order valence-corrected chi connectivity index (χ3v) is 5.35. The molecule has 1 saturated heterocycles. The molecule has 1 aliphatic rings. The molecule has 1 aliphatic heterocycles. The van der Waals surface area contributed by atoms with Crippen molar-refractivity contribution in [2.45, 2.75) is 17.7 Å². The fourth-order valence-corrected chi connectivity index (χ4v) is 3.77. The number of oxime groups is 1. The molecule has 1 fully saturated rings. The van der Waals surface area contributed by atoms with Crippen molar-refractivity contribution in [3.05, 3.63) is 27.0 Å². The molecule has 0 bridgehead atoms. The first-order valence-electron chi connectivity index (χ1n) is 6.25. The highest BCUT2D eigenvalue weighted by Crippen LogP contribution is 2.16. The number of sulfonamides is 1. The monoisotopic (exact) mass is 316 g/mol. The number of hydrogen-bond acceptors (Lipinski definition) is 6. The number of piperidine rings is 1. The Morgan fingerprint density at radius 3 is 2.29 bits per heavy atom. The lowest BCUT2D eigenvalue weighted by molar-refractivity contribution is 0.309. The van der Waals surface area contributed by atoms with E-state index in [1.165, 1.54) is 14.1 Å². The first-order valence-corrected chi connectivity index (χ1v) is 7.69. The summed E-state index contributed by atoms with van der Waals surface area (Å²) in [5, 5.41) is 11.8. The Morgan fingerprint density at radius 1 is 1.19 bits per heavy atom. The molecule has 116 valence electrons. The van der Waals surface area contributed by atoms with Crippen LogP contribution in [-0.4, -0.2) is 45.9 Å². The van der Waals surface area contributed by atoms with E-state index in [0.29, 0.717) is 18.6 Å². The van der Waals surface area contributed by atoms with Gasteiger partial charge in [0.25, 0.3) is 5.56 Å². The SMILES string of the molecule is Cn1cc(S(=O)(=O)N2CCC(=NO)CC2)c(=O)n(C)c1=O. The molecule has 0 amide bonds. The maximum Gasteiger partial charge on any atom is 0.330 e. The van der Waals surface area contributed by atoms with Crippen LogP contribution in [0.4, 0.5) is 0 Å². The first kappa shape index (κ1) is 15.4. The highest BCUT2D eigenvalue weighted by Gasteiger charge is 2.31. The zero-order valence-corrected chi connectivity index (χ0v) is 12.5. The molecule has 0 radical (unpaired) electrons. The van der Waals surface area contributed by atoms with Gasteiger partial charge in [-0.25, -0.2) is 13.2 Å². The van der Waals surface area contributed by atoms with E-state index in [9.17, 15) is 18.0 Å². The summed E-state index contributed by atoms with van der Waals surface area (Å²) >= 11 is 0. The smallest absolute Gasteiger partial charge is 0.330 e. The summed E-state index contributed by atoms with van der Waals surface area (Å²) in [5.74, 6) is 0. The summed E-state index contributed by atoms with van der Waals surface area (Å²) in [6.07, 6.45) is 1.65. The molecule has 21 heavy (non-hydrogen) atoms. The van der Waals surface area contributed by atoms with Crippen LogP contribution in [0.1, 0.15) is 12.8 Å². The van der Waals surface area contributed by atoms with Crippen LogP contribution in [-0.2, 0) is 24.1 Å². The van der Waals surface area contributed by atoms with Gasteiger partial charge < -0.3 is 9.77 Å². The third kappa shape index (κ3) is 2.63. The number of aryl methyl sites for hydroxylation is 1. The Kier molecular flexibility index (Phi) is 4.01. The van der Waals surface area contributed by atoms with Crippen LogP contribution >= 0.6 is 0 Å². The van der Waals surface area contributed by atoms with Crippen molar-refractivity contribution in [3.8, 4) is 0 Å². The Hall–Kier alpha value is -1.94. The maximum absolute atomic E-state index is 12.5. The Balaban J connectivity index is 2.47. The molecule has 2 rings (SSSR count). The first-order chi connectivity index (χ1) is 9.78. The van der Waals surface area contributed by atoms with Gasteiger partial charge in [0.1, 0.15) is 0 Å². The van der Waals surface area contributed by atoms with E-state index >= 15 is 0 Å². The van der Waals surface area contributed by atoms with Gasteiger partial charge in [0.15, 0.2) is 4.90 Å². The molecule has 10 heteroatoms. The summed E-state index contributed by atoms with van der Waals surface area (Å²) < 4.78 is 28.0. The van der Waals surface area contributed by atoms with Gasteiger partial charge in [-0.15, -0.1) is 0 Å². The lowest BCUT2D eigenvalue weighted by Gasteiger charge is -2.26. The van der Waals surface area contributed by atoms with E-state index in [1.807, 2.05) is 0 Å². The highest BCUT2D eigenvalue weighted by molar-refractivity contribution is 7.89. The summed E-state index contributed by atoms with van der Waals surface area (Å²) in [4.78, 5) is 23.2. The van der Waals surface area contributed by atoms with Gasteiger partial charge >= 0.3 is 5.69 Å². The van der Waals surface area contributed by atoms with E-state index in [-0.39, 0.29) is 13.1 Å². The van der Waals surface area contributed by atoms with Crippen LogP contribution in [0.2, 0.25) is 0 Å². The van der Waals surface area contributed by atoms with Crippen molar-refractivity contribution in [1.29, 1.82) is 0 Å². The second-order valence-electron chi connectivity index (χ2n) is 4.82. The van der Waals surface area contributed by atoms with Crippen LogP contribution in [0.5, 0.6) is 0 Å². The maximum atomic E-state index is 12.5. The molecule has 2 heterocycles. The predicted octanol–water partition coefficient (Wildman–Crippen LogP) is -1.30. The largest absolute Gasteiger partial charge is 0.411 e. The molecule has 0 aromatic carbocycles. The molecule has 1 aromatic heterocycles. The highest BCUT2D eigenvalue weighted by atomic mass is 32.2. The zero-order valence-electron chi connectivity index (χ0n) is 11.7. The van der Waals surface area contributed by atoms with Crippen LogP contribution in [0.25, 0.3) is 0 Å². The van der Waals surface area contributed by atoms with E-state index in [2.05, 4.69) is 5.16 Å². The molecule has 1 N–H and O–H groups in total. The van der Waals surface area contributed by atoms with Crippen molar-refractivity contribution in [3.63, 3.8) is 0 Å². The summed E-state index contributed by atoms with van der Waals surface area (Å²) in [6, 6.07) is 0. The normalized spacial score (nSPS) is 17.0. The Labute approximate surface area is 120 Å². The quantitative estimate of drug-likeness (QED) is 0.538. The van der Waals surface area contributed by atoms with Crippen LogP contribution in [0.3, 0.4) is 0 Å². The van der Waals surface area contributed by atoms with Crippen molar-refractivity contribution < 1.29 is 13.6 Å². The minimum absolute atomic E-state index is 0.133. The van der Waals surface area contributed by atoms with Crippen molar-refractivity contribution in [2.24, 2.45) is 19.3 Å². The molecule has 1 aromatic rings. The molecule has 0 atom stereocenters. The molecule has 0 aliphatic carbocycles. The topological polar surface area (TPSA) is 114 Å². The minimum atomic E-state index is -3.98. The van der Waals surface area contributed by atoms with Gasteiger partial charge in [-0.2, -0.15) is 4.31 Å². The van der Waals surface area contributed by atoms with Gasteiger partial charge in [0, 0.05) is 46.2 Å². The standard InChI is InChI=1S/C11H16N4O5S/c1-13-7-9(10(16)14(2)11(13)17)21(19,20)15-5-3-8(12-18)4-6-15/h7,18H,3-6H2,1-2H3. The fraction of sp³-hybridized carbons (Fsp3) is 0.545. The van der Waals surface area contributed by atoms with Crippen LogP contribution < -0.4 is 11.2 Å². The molecule has 0 spiro atoms. The second kappa shape index (κ2) is 5.45. The lowest BCUT2D eigenvalue weighted by Crippen LogP contribution is -2.44. The summed E-state index contributed by atoms with van der Waals surface area (Å²) in [7, 11) is -1.37. The van der Waals surface area contributed by atoms with E-state index in [4.69, 9.17) is 5.21 Å². The minimum Gasteiger partial charge on any atom is -0.411 e. The molecular formula is C11H16N4O5S. The molecule has 0 saturated carbocycles. The number of nitrogens with zero attached hydrogens (tertiary/aromatic N) is 4. The average molecular weight is 316 g/mol. The summed E-state index contributed by atoms with van der Waals surface area (Å²) in [6.45, 7) is 0.265. The Morgan fingerprint density at radius 2 is 1.76 bits per heavy atom. The number of aromatic nitrogens is 2. The van der Waals surface area contributed by atoms with E-state index in [0.717, 1.165) is 19.6 Å². The predicted molar refractivity (Wildman–Crippen MR) is 74.1 cm³/mol. The van der Waals surface area contributed by atoms with Crippen LogP contribution in [0.15, 0.2) is 25.8 Å². The summed E-state index contributed by atoms with van der Waals surface area (Å²) in [5.41, 5.74) is -0.915. The number of rotatable bonds is 2. The van der Waals surface area contributed by atoms with Gasteiger partial charge in [-0.1, -0.05) is 5.16 Å². The van der Waals surface area contributed by atoms with E-state index < -0.39 is 26.2 Å².